The van der Waals surface area contributed by atoms with Gasteiger partial charge in [0.15, 0.2) is 0 Å². The third kappa shape index (κ3) is 2.94. The molecule has 2 rings (SSSR count). The van der Waals surface area contributed by atoms with E-state index in [2.05, 4.69) is 5.32 Å². The number of carbonyl (C=O) groups excluding carboxylic acids is 1. The van der Waals surface area contributed by atoms with E-state index in [1.54, 1.807) is 6.92 Å². The smallest absolute Gasteiger partial charge is 0.323 e. The van der Waals surface area contributed by atoms with Crippen molar-refractivity contribution >= 4 is 5.97 Å². The number of halogens is 2. The molecule has 2 aliphatic rings. The molecular weight excluding hydrogens is 228 g/mol. The van der Waals surface area contributed by atoms with Crippen LogP contribution in [-0.2, 0) is 9.53 Å². The molecule has 0 amide bonds. The van der Waals surface area contributed by atoms with E-state index in [4.69, 9.17) is 4.74 Å². The fraction of sp³-hybridized carbons (Fsp3) is 0.917. The van der Waals surface area contributed by atoms with Gasteiger partial charge in [-0.15, -0.1) is 0 Å². The van der Waals surface area contributed by atoms with Gasteiger partial charge in [0.2, 0.25) is 5.92 Å². The Hall–Kier alpha value is -0.710. The molecule has 0 aromatic heterocycles. The highest BCUT2D eigenvalue weighted by Crippen LogP contribution is 2.43. The summed E-state index contributed by atoms with van der Waals surface area (Å²) in [5.41, 5.74) is 0. The molecule has 0 aromatic carbocycles. The van der Waals surface area contributed by atoms with E-state index >= 15 is 0 Å². The maximum absolute atomic E-state index is 13.3. The summed E-state index contributed by atoms with van der Waals surface area (Å²) in [6, 6.07) is -0.398. The lowest BCUT2D eigenvalue weighted by Crippen LogP contribution is -2.51. The Morgan fingerprint density at radius 1 is 1.47 bits per heavy atom. The van der Waals surface area contributed by atoms with Crippen LogP contribution in [0.1, 0.15) is 32.6 Å². The number of hydrogen-bond acceptors (Lipinski definition) is 3. The van der Waals surface area contributed by atoms with Gasteiger partial charge in [-0.2, -0.15) is 0 Å². The third-order valence-electron chi connectivity index (χ3n) is 3.84. The van der Waals surface area contributed by atoms with Crippen molar-refractivity contribution in [2.45, 2.75) is 44.6 Å². The fourth-order valence-electron chi connectivity index (χ4n) is 2.93. The SMILES string of the molecule is CCOC(=O)[C@@H]1C[C@@H]2CC(F)(F)CC[C@@H]2CN1. The largest absolute Gasteiger partial charge is 0.465 e. The first-order valence-corrected chi connectivity index (χ1v) is 6.29. The van der Waals surface area contributed by atoms with Gasteiger partial charge in [-0.05, 0) is 38.1 Å². The molecular formula is C12H19F2NO2. The zero-order valence-corrected chi connectivity index (χ0v) is 10.0. The number of alkyl halides is 2. The molecule has 0 unspecified atom stereocenters. The van der Waals surface area contributed by atoms with Crippen LogP contribution in [0.2, 0.25) is 0 Å². The topological polar surface area (TPSA) is 38.3 Å². The van der Waals surface area contributed by atoms with E-state index in [1.807, 2.05) is 0 Å². The van der Waals surface area contributed by atoms with Gasteiger partial charge in [-0.1, -0.05) is 0 Å². The first-order chi connectivity index (χ1) is 8.02. The Morgan fingerprint density at radius 2 is 2.24 bits per heavy atom. The van der Waals surface area contributed by atoms with Crippen molar-refractivity contribution in [3.8, 4) is 0 Å². The second-order valence-electron chi connectivity index (χ2n) is 5.07. The molecule has 98 valence electrons. The van der Waals surface area contributed by atoms with E-state index in [0.717, 1.165) is 0 Å². The monoisotopic (exact) mass is 247 g/mol. The molecule has 1 aliphatic carbocycles. The molecule has 0 radical (unpaired) electrons. The molecule has 1 heterocycles. The van der Waals surface area contributed by atoms with Crippen LogP contribution in [0.15, 0.2) is 0 Å². The van der Waals surface area contributed by atoms with Crippen molar-refractivity contribution in [1.82, 2.24) is 5.32 Å². The number of piperidine rings is 1. The normalized spacial score (nSPS) is 36.1. The second kappa shape index (κ2) is 4.88. The number of nitrogens with one attached hydrogen (secondary N) is 1. The third-order valence-corrected chi connectivity index (χ3v) is 3.84. The van der Waals surface area contributed by atoms with Crippen molar-refractivity contribution in [2.24, 2.45) is 11.8 Å². The summed E-state index contributed by atoms with van der Waals surface area (Å²) < 4.78 is 31.6. The van der Waals surface area contributed by atoms with Crippen LogP contribution in [-0.4, -0.2) is 31.1 Å². The quantitative estimate of drug-likeness (QED) is 0.758. The van der Waals surface area contributed by atoms with Crippen LogP contribution in [0, 0.1) is 11.8 Å². The zero-order valence-electron chi connectivity index (χ0n) is 10.0. The minimum Gasteiger partial charge on any atom is -0.465 e. The average molecular weight is 247 g/mol. The van der Waals surface area contributed by atoms with Gasteiger partial charge in [-0.25, -0.2) is 8.78 Å². The molecule has 0 aromatic rings. The van der Waals surface area contributed by atoms with E-state index in [0.29, 0.717) is 31.9 Å². The van der Waals surface area contributed by atoms with Gasteiger partial charge >= 0.3 is 5.97 Å². The Bertz CT molecular complexity index is 296. The highest BCUT2D eigenvalue weighted by Gasteiger charge is 2.45. The molecule has 1 saturated heterocycles. The first-order valence-electron chi connectivity index (χ1n) is 6.29. The Kier molecular flexibility index (Phi) is 3.66. The number of rotatable bonds is 2. The molecule has 1 aliphatic heterocycles. The Morgan fingerprint density at radius 3 is 2.94 bits per heavy atom. The number of esters is 1. The summed E-state index contributed by atoms with van der Waals surface area (Å²) in [6.45, 7) is 2.74. The molecule has 5 heteroatoms. The molecule has 17 heavy (non-hydrogen) atoms. The summed E-state index contributed by atoms with van der Waals surface area (Å²) in [5, 5.41) is 3.11. The maximum Gasteiger partial charge on any atom is 0.323 e. The fourth-order valence-corrected chi connectivity index (χ4v) is 2.93. The number of ether oxygens (including phenoxy) is 1. The molecule has 3 atom stereocenters. The molecule has 2 fully saturated rings. The highest BCUT2D eigenvalue weighted by atomic mass is 19.3. The first kappa shape index (κ1) is 12.7. The summed E-state index contributed by atoms with van der Waals surface area (Å²) in [4.78, 5) is 11.6. The maximum atomic E-state index is 13.3. The lowest BCUT2D eigenvalue weighted by atomic mass is 9.72. The molecule has 1 N–H and O–H groups in total. The van der Waals surface area contributed by atoms with Crippen molar-refractivity contribution in [1.29, 1.82) is 0 Å². The van der Waals surface area contributed by atoms with Crippen LogP contribution >= 0.6 is 0 Å². The summed E-state index contributed by atoms with van der Waals surface area (Å²) in [7, 11) is 0. The van der Waals surface area contributed by atoms with Crippen LogP contribution in [0.3, 0.4) is 0 Å². The summed E-state index contributed by atoms with van der Waals surface area (Å²) in [5.74, 6) is -2.60. The van der Waals surface area contributed by atoms with Crippen molar-refractivity contribution < 1.29 is 18.3 Å². The number of fused-ring (bicyclic) bond motifs is 1. The predicted octanol–water partition coefficient (Wildman–Crippen LogP) is 1.96. The van der Waals surface area contributed by atoms with Crippen LogP contribution in [0.4, 0.5) is 8.78 Å². The van der Waals surface area contributed by atoms with E-state index in [-0.39, 0.29) is 24.7 Å². The van der Waals surface area contributed by atoms with Gasteiger partial charge in [-0.3, -0.25) is 4.79 Å². The predicted molar refractivity (Wildman–Crippen MR) is 58.8 cm³/mol. The Labute approximate surface area is 99.9 Å². The average Bonchev–Trinajstić information content (AvgIpc) is 2.27. The molecule has 3 nitrogen and oxygen atoms in total. The van der Waals surface area contributed by atoms with Gasteiger partial charge in [0.05, 0.1) is 6.61 Å². The second-order valence-corrected chi connectivity index (χ2v) is 5.07. The van der Waals surface area contributed by atoms with E-state index in [1.165, 1.54) is 0 Å². The number of carbonyl (C=O) groups is 1. The lowest BCUT2D eigenvalue weighted by Gasteiger charge is -2.41. The standard InChI is InChI=1S/C12H19F2NO2/c1-2-17-11(16)10-5-9-6-12(13,14)4-3-8(9)7-15-10/h8-10,15H,2-7H2,1H3/t8-,9-,10+/m1/s1. The lowest BCUT2D eigenvalue weighted by molar-refractivity contribution is -0.149. The van der Waals surface area contributed by atoms with Crippen LogP contribution in [0.5, 0.6) is 0 Å². The highest BCUT2D eigenvalue weighted by molar-refractivity contribution is 5.75. The number of hydrogen-bond donors (Lipinski definition) is 1. The van der Waals surface area contributed by atoms with Gasteiger partial charge < -0.3 is 10.1 Å². The van der Waals surface area contributed by atoms with Crippen molar-refractivity contribution in [2.75, 3.05) is 13.2 Å². The van der Waals surface area contributed by atoms with E-state index < -0.39 is 12.0 Å². The molecule has 1 saturated carbocycles. The zero-order chi connectivity index (χ0) is 12.5. The van der Waals surface area contributed by atoms with Crippen molar-refractivity contribution in [3.63, 3.8) is 0 Å². The van der Waals surface area contributed by atoms with Crippen LogP contribution < -0.4 is 5.32 Å². The van der Waals surface area contributed by atoms with Crippen LogP contribution in [0.25, 0.3) is 0 Å². The minimum absolute atomic E-state index is 0.0140. The van der Waals surface area contributed by atoms with Gasteiger partial charge in [0, 0.05) is 12.8 Å². The summed E-state index contributed by atoms with van der Waals surface area (Å²) in [6.07, 6.45) is 0.953. The van der Waals surface area contributed by atoms with Crippen molar-refractivity contribution in [3.05, 3.63) is 0 Å². The summed E-state index contributed by atoms with van der Waals surface area (Å²) >= 11 is 0. The van der Waals surface area contributed by atoms with Gasteiger partial charge in [0.1, 0.15) is 6.04 Å². The van der Waals surface area contributed by atoms with E-state index in [9.17, 15) is 13.6 Å². The van der Waals surface area contributed by atoms with Gasteiger partial charge in [0.25, 0.3) is 0 Å². The molecule has 0 spiro atoms. The molecule has 0 bridgehead atoms. The minimum atomic E-state index is -2.54. The Balaban J connectivity index is 1.94.